The Bertz CT molecular complexity index is 615. The van der Waals surface area contributed by atoms with Gasteiger partial charge < -0.3 is 14.5 Å². The van der Waals surface area contributed by atoms with Crippen molar-refractivity contribution >= 4 is 11.8 Å². The SMILES string of the molecule is O=C1CC[C@H]2[C@H](CCN2C(=O)[C@H]2CCOC2)N1Cc1cccnc1. The van der Waals surface area contributed by atoms with Crippen LogP contribution < -0.4 is 0 Å². The van der Waals surface area contributed by atoms with Crippen molar-refractivity contribution in [3.8, 4) is 0 Å². The number of rotatable bonds is 3. The average Bonchev–Trinajstić information content (AvgIpc) is 3.27. The van der Waals surface area contributed by atoms with Gasteiger partial charge in [-0.3, -0.25) is 14.6 Å². The summed E-state index contributed by atoms with van der Waals surface area (Å²) in [5, 5.41) is 0. The molecule has 128 valence electrons. The summed E-state index contributed by atoms with van der Waals surface area (Å²) in [5.41, 5.74) is 1.04. The lowest BCUT2D eigenvalue weighted by molar-refractivity contribution is -0.144. The van der Waals surface area contributed by atoms with Crippen molar-refractivity contribution in [2.75, 3.05) is 19.8 Å². The highest BCUT2D eigenvalue weighted by Gasteiger charge is 2.46. The van der Waals surface area contributed by atoms with Gasteiger partial charge in [0.2, 0.25) is 11.8 Å². The monoisotopic (exact) mass is 329 g/mol. The number of pyridine rings is 1. The first-order valence-electron chi connectivity index (χ1n) is 8.80. The maximum Gasteiger partial charge on any atom is 0.228 e. The van der Waals surface area contributed by atoms with Crippen molar-refractivity contribution in [3.63, 3.8) is 0 Å². The predicted molar refractivity (Wildman–Crippen MR) is 86.9 cm³/mol. The number of nitrogens with zero attached hydrogens (tertiary/aromatic N) is 3. The molecule has 4 rings (SSSR count). The van der Waals surface area contributed by atoms with Crippen molar-refractivity contribution in [2.24, 2.45) is 5.92 Å². The van der Waals surface area contributed by atoms with E-state index in [1.807, 2.05) is 28.1 Å². The van der Waals surface area contributed by atoms with Gasteiger partial charge in [0.1, 0.15) is 0 Å². The van der Waals surface area contributed by atoms with Crippen LogP contribution in [0.3, 0.4) is 0 Å². The standard InChI is InChI=1S/C18H23N3O3/c22-17-4-3-15-16(21(17)11-13-2-1-7-19-10-13)5-8-20(15)18(23)14-6-9-24-12-14/h1-2,7,10,14-16H,3-6,8-9,11-12H2/t14-,15-,16-/m0/s1. The zero-order valence-corrected chi connectivity index (χ0v) is 13.8. The second-order valence-corrected chi connectivity index (χ2v) is 6.94. The molecule has 0 saturated carbocycles. The quantitative estimate of drug-likeness (QED) is 0.836. The highest BCUT2D eigenvalue weighted by Crippen LogP contribution is 2.34. The van der Waals surface area contributed by atoms with Crippen molar-refractivity contribution in [3.05, 3.63) is 30.1 Å². The van der Waals surface area contributed by atoms with Gasteiger partial charge in [-0.05, 0) is 30.9 Å². The van der Waals surface area contributed by atoms with E-state index in [1.54, 1.807) is 6.20 Å². The number of carbonyl (C=O) groups is 2. The van der Waals surface area contributed by atoms with Crippen molar-refractivity contribution < 1.29 is 14.3 Å². The molecule has 0 bridgehead atoms. The molecule has 3 aliphatic rings. The van der Waals surface area contributed by atoms with E-state index in [4.69, 9.17) is 4.74 Å². The maximum atomic E-state index is 12.8. The van der Waals surface area contributed by atoms with Crippen LogP contribution in [0, 0.1) is 5.92 Å². The van der Waals surface area contributed by atoms with Crippen LogP contribution in [-0.2, 0) is 20.9 Å². The Hall–Kier alpha value is -1.95. The normalized spacial score (nSPS) is 29.8. The summed E-state index contributed by atoms with van der Waals surface area (Å²) < 4.78 is 5.37. The molecule has 6 heteroatoms. The molecule has 0 radical (unpaired) electrons. The fourth-order valence-electron chi connectivity index (χ4n) is 4.28. The molecule has 0 aliphatic carbocycles. The van der Waals surface area contributed by atoms with E-state index in [1.165, 1.54) is 0 Å². The third-order valence-corrected chi connectivity index (χ3v) is 5.52. The van der Waals surface area contributed by atoms with Crippen LogP contribution in [0.2, 0.25) is 0 Å². The van der Waals surface area contributed by atoms with Gasteiger partial charge in [0.25, 0.3) is 0 Å². The second-order valence-electron chi connectivity index (χ2n) is 6.94. The van der Waals surface area contributed by atoms with E-state index in [2.05, 4.69) is 4.98 Å². The number of fused-ring (bicyclic) bond motifs is 1. The van der Waals surface area contributed by atoms with Crippen LogP contribution in [0.15, 0.2) is 24.5 Å². The Morgan fingerprint density at radius 1 is 1.29 bits per heavy atom. The van der Waals surface area contributed by atoms with Crippen LogP contribution in [0.5, 0.6) is 0 Å². The van der Waals surface area contributed by atoms with Crippen LogP contribution in [0.4, 0.5) is 0 Å². The Balaban J connectivity index is 1.49. The molecule has 2 amide bonds. The van der Waals surface area contributed by atoms with Crippen LogP contribution >= 0.6 is 0 Å². The number of likely N-dealkylation sites (tertiary alicyclic amines) is 2. The summed E-state index contributed by atoms with van der Waals surface area (Å²) in [4.78, 5) is 33.4. The third kappa shape index (κ3) is 2.79. The summed E-state index contributed by atoms with van der Waals surface area (Å²) >= 11 is 0. The fourth-order valence-corrected chi connectivity index (χ4v) is 4.28. The van der Waals surface area contributed by atoms with Crippen LogP contribution in [0.1, 0.15) is 31.2 Å². The molecule has 1 aromatic heterocycles. The third-order valence-electron chi connectivity index (χ3n) is 5.52. The molecule has 0 aromatic carbocycles. The predicted octanol–water partition coefficient (Wildman–Crippen LogP) is 1.21. The number of hydrogen-bond acceptors (Lipinski definition) is 4. The largest absolute Gasteiger partial charge is 0.381 e. The first kappa shape index (κ1) is 15.6. The fraction of sp³-hybridized carbons (Fsp3) is 0.611. The van der Waals surface area contributed by atoms with Gasteiger partial charge in [-0.15, -0.1) is 0 Å². The molecule has 3 fully saturated rings. The Morgan fingerprint density at radius 3 is 2.96 bits per heavy atom. The zero-order chi connectivity index (χ0) is 16.5. The molecule has 1 aromatic rings. The van der Waals surface area contributed by atoms with E-state index < -0.39 is 0 Å². The van der Waals surface area contributed by atoms with Gasteiger partial charge in [0.05, 0.1) is 24.6 Å². The molecule has 6 nitrogen and oxygen atoms in total. The molecule has 3 saturated heterocycles. The highest BCUT2D eigenvalue weighted by atomic mass is 16.5. The molecular weight excluding hydrogens is 306 g/mol. The van der Waals surface area contributed by atoms with Gasteiger partial charge in [-0.2, -0.15) is 0 Å². The Kier molecular flexibility index (Phi) is 4.22. The number of carbonyl (C=O) groups excluding carboxylic acids is 2. The molecule has 24 heavy (non-hydrogen) atoms. The summed E-state index contributed by atoms with van der Waals surface area (Å²) in [6, 6.07) is 4.19. The minimum atomic E-state index is 0.00755. The smallest absolute Gasteiger partial charge is 0.228 e. The van der Waals surface area contributed by atoms with Gasteiger partial charge in [-0.1, -0.05) is 6.07 Å². The van der Waals surface area contributed by atoms with E-state index >= 15 is 0 Å². The molecule has 0 spiro atoms. The van der Waals surface area contributed by atoms with E-state index in [9.17, 15) is 9.59 Å². The lowest BCUT2D eigenvalue weighted by Gasteiger charge is -2.40. The minimum Gasteiger partial charge on any atom is -0.381 e. The average molecular weight is 329 g/mol. The van der Waals surface area contributed by atoms with Gasteiger partial charge in [0, 0.05) is 38.5 Å². The molecule has 3 atom stereocenters. The van der Waals surface area contributed by atoms with Crippen LogP contribution in [-0.4, -0.2) is 58.4 Å². The second kappa shape index (κ2) is 6.51. The van der Waals surface area contributed by atoms with Crippen LogP contribution in [0.25, 0.3) is 0 Å². The number of amides is 2. The number of hydrogen-bond donors (Lipinski definition) is 0. The number of piperidine rings is 1. The summed E-state index contributed by atoms with van der Waals surface area (Å²) in [6.45, 7) is 2.57. The minimum absolute atomic E-state index is 0.00755. The van der Waals surface area contributed by atoms with Crippen molar-refractivity contribution in [2.45, 2.75) is 44.3 Å². The number of aromatic nitrogens is 1. The van der Waals surface area contributed by atoms with E-state index in [0.717, 1.165) is 31.4 Å². The zero-order valence-electron chi connectivity index (χ0n) is 13.8. The lowest BCUT2D eigenvalue weighted by atomic mass is 9.95. The molecular formula is C18H23N3O3. The molecule has 3 aliphatic heterocycles. The van der Waals surface area contributed by atoms with Crippen molar-refractivity contribution in [1.29, 1.82) is 0 Å². The first-order valence-corrected chi connectivity index (χ1v) is 8.80. The van der Waals surface area contributed by atoms with Gasteiger partial charge in [0.15, 0.2) is 0 Å². The Morgan fingerprint density at radius 2 is 2.21 bits per heavy atom. The number of ether oxygens (including phenoxy) is 1. The topological polar surface area (TPSA) is 62.7 Å². The van der Waals surface area contributed by atoms with Gasteiger partial charge in [-0.25, -0.2) is 0 Å². The summed E-state index contributed by atoms with van der Waals surface area (Å²) in [7, 11) is 0. The molecule has 0 N–H and O–H groups in total. The van der Waals surface area contributed by atoms with E-state index in [-0.39, 0.29) is 29.8 Å². The highest BCUT2D eigenvalue weighted by molar-refractivity contribution is 5.82. The van der Waals surface area contributed by atoms with Crippen molar-refractivity contribution in [1.82, 2.24) is 14.8 Å². The maximum absolute atomic E-state index is 12.8. The summed E-state index contributed by atoms with van der Waals surface area (Å²) in [5.74, 6) is 0.419. The molecule has 0 unspecified atom stereocenters. The summed E-state index contributed by atoms with van der Waals surface area (Å²) in [6.07, 6.45) is 6.55. The van der Waals surface area contributed by atoms with Gasteiger partial charge >= 0.3 is 0 Å². The Labute approximate surface area is 141 Å². The lowest BCUT2D eigenvalue weighted by Crippen LogP contribution is -2.53. The van der Waals surface area contributed by atoms with E-state index in [0.29, 0.717) is 26.2 Å². The first-order chi connectivity index (χ1) is 11.7. The molecule has 4 heterocycles.